The third kappa shape index (κ3) is 4.24. The first-order valence-corrected chi connectivity index (χ1v) is 10.1. The van der Waals surface area contributed by atoms with E-state index < -0.39 is 0 Å². The number of aromatic nitrogens is 1. The molecule has 6 heteroatoms. The van der Waals surface area contributed by atoms with Crippen LogP contribution in [0.3, 0.4) is 0 Å². The Labute approximate surface area is 175 Å². The van der Waals surface area contributed by atoms with Crippen LogP contribution in [0.1, 0.15) is 30.4 Å². The van der Waals surface area contributed by atoms with Gasteiger partial charge in [-0.2, -0.15) is 0 Å². The summed E-state index contributed by atoms with van der Waals surface area (Å²) in [4.78, 5) is 16.5. The largest absolute Gasteiger partial charge is 0.487 e. The van der Waals surface area contributed by atoms with Gasteiger partial charge in [0.25, 0.3) is 0 Å². The van der Waals surface area contributed by atoms with Gasteiger partial charge in [0.1, 0.15) is 23.8 Å². The highest BCUT2D eigenvalue weighted by Gasteiger charge is 2.42. The second kappa shape index (κ2) is 8.71. The maximum Gasteiger partial charge on any atom is 0.306 e. The Morgan fingerprint density at radius 3 is 2.47 bits per heavy atom. The van der Waals surface area contributed by atoms with Gasteiger partial charge < -0.3 is 18.6 Å². The number of nitrogens with zero attached hydrogens (tertiary/aromatic N) is 1. The Bertz CT molecular complexity index is 990. The molecule has 1 aromatic heterocycles. The van der Waals surface area contributed by atoms with Gasteiger partial charge in [-0.25, -0.2) is 4.98 Å². The molecule has 0 bridgehead atoms. The van der Waals surface area contributed by atoms with Crippen molar-refractivity contribution in [3.05, 3.63) is 71.6 Å². The second-order valence-electron chi connectivity index (χ2n) is 7.46. The van der Waals surface area contributed by atoms with Gasteiger partial charge >= 0.3 is 5.97 Å². The lowest BCUT2D eigenvalue weighted by molar-refractivity contribution is -0.151. The van der Waals surface area contributed by atoms with Crippen molar-refractivity contribution in [2.75, 3.05) is 19.8 Å². The van der Waals surface area contributed by atoms with Crippen molar-refractivity contribution < 1.29 is 23.4 Å². The molecule has 2 aromatic carbocycles. The predicted octanol–water partition coefficient (Wildman–Crippen LogP) is 4.45. The number of hydrogen-bond donors (Lipinski definition) is 0. The maximum atomic E-state index is 12.0. The Balaban J connectivity index is 1.41. The molecule has 30 heavy (non-hydrogen) atoms. The van der Waals surface area contributed by atoms with E-state index >= 15 is 0 Å². The standard InChI is InChI=1S/C24H25NO5/c1-3-28-22(26)13-24(15-27-16-24)19-9-11-20(12-10-19)29-14-21-17(2)30-23(25-21)18-7-5-4-6-8-18/h4-12H,3,13-16H2,1-2H3. The van der Waals surface area contributed by atoms with E-state index in [1.54, 1.807) is 0 Å². The van der Waals surface area contributed by atoms with Crippen molar-refractivity contribution in [2.24, 2.45) is 0 Å². The fourth-order valence-electron chi connectivity index (χ4n) is 3.53. The smallest absolute Gasteiger partial charge is 0.306 e. The lowest BCUT2D eigenvalue weighted by Gasteiger charge is -2.41. The number of carbonyl (C=O) groups excluding carboxylic acids is 1. The van der Waals surface area contributed by atoms with E-state index in [9.17, 15) is 4.79 Å². The zero-order valence-electron chi connectivity index (χ0n) is 17.2. The van der Waals surface area contributed by atoms with Gasteiger partial charge in [-0.1, -0.05) is 30.3 Å². The fraction of sp³-hybridized carbons (Fsp3) is 0.333. The first kappa shape index (κ1) is 20.2. The van der Waals surface area contributed by atoms with Gasteiger partial charge in [-0.3, -0.25) is 4.79 Å². The van der Waals surface area contributed by atoms with Crippen LogP contribution in [0.2, 0.25) is 0 Å². The number of esters is 1. The molecule has 1 aliphatic heterocycles. The molecule has 4 rings (SSSR count). The van der Waals surface area contributed by atoms with Gasteiger partial charge in [0.15, 0.2) is 0 Å². The second-order valence-corrected chi connectivity index (χ2v) is 7.46. The summed E-state index contributed by atoms with van der Waals surface area (Å²) in [5.74, 6) is 1.87. The van der Waals surface area contributed by atoms with Crippen molar-refractivity contribution in [1.82, 2.24) is 4.98 Å². The third-order valence-corrected chi connectivity index (χ3v) is 5.30. The molecule has 0 unspecified atom stereocenters. The summed E-state index contributed by atoms with van der Waals surface area (Å²) in [6, 6.07) is 17.6. The Morgan fingerprint density at radius 1 is 1.10 bits per heavy atom. The first-order chi connectivity index (χ1) is 14.6. The highest BCUT2D eigenvalue weighted by molar-refractivity contribution is 5.72. The van der Waals surface area contributed by atoms with Crippen LogP contribution in [0.15, 0.2) is 59.0 Å². The van der Waals surface area contributed by atoms with Crippen LogP contribution in [-0.2, 0) is 26.3 Å². The van der Waals surface area contributed by atoms with Crippen molar-refractivity contribution in [1.29, 1.82) is 0 Å². The Morgan fingerprint density at radius 2 is 1.83 bits per heavy atom. The zero-order valence-corrected chi connectivity index (χ0v) is 17.2. The molecule has 0 N–H and O–H groups in total. The summed E-state index contributed by atoms with van der Waals surface area (Å²) in [5, 5.41) is 0. The van der Waals surface area contributed by atoms with E-state index in [1.807, 2.05) is 68.4 Å². The van der Waals surface area contributed by atoms with E-state index in [0.29, 0.717) is 38.7 Å². The van der Waals surface area contributed by atoms with Gasteiger partial charge in [-0.05, 0) is 43.7 Å². The molecule has 1 saturated heterocycles. The van der Waals surface area contributed by atoms with Crippen LogP contribution in [0.25, 0.3) is 11.5 Å². The summed E-state index contributed by atoms with van der Waals surface area (Å²) in [6.07, 6.45) is 0.321. The Kier molecular flexibility index (Phi) is 5.86. The van der Waals surface area contributed by atoms with E-state index in [0.717, 1.165) is 28.3 Å². The van der Waals surface area contributed by atoms with Gasteiger partial charge in [-0.15, -0.1) is 0 Å². The van der Waals surface area contributed by atoms with E-state index in [4.69, 9.17) is 18.6 Å². The molecule has 0 amide bonds. The van der Waals surface area contributed by atoms with Crippen LogP contribution >= 0.6 is 0 Å². The number of rotatable bonds is 8. The van der Waals surface area contributed by atoms with Crippen molar-refractivity contribution in [3.63, 3.8) is 0 Å². The molecule has 6 nitrogen and oxygen atoms in total. The van der Waals surface area contributed by atoms with Crippen LogP contribution in [0.4, 0.5) is 0 Å². The van der Waals surface area contributed by atoms with Crippen molar-refractivity contribution >= 4 is 5.97 Å². The fourth-order valence-corrected chi connectivity index (χ4v) is 3.53. The predicted molar refractivity (Wildman–Crippen MR) is 111 cm³/mol. The summed E-state index contributed by atoms with van der Waals surface area (Å²) < 4.78 is 22.2. The molecule has 0 atom stereocenters. The zero-order chi connectivity index (χ0) is 21.0. The molecular weight excluding hydrogens is 382 g/mol. The topological polar surface area (TPSA) is 70.8 Å². The van der Waals surface area contributed by atoms with Gasteiger partial charge in [0, 0.05) is 5.56 Å². The van der Waals surface area contributed by atoms with Crippen molar-refractivity contribution in [2.45, 2.75) is 32.3 Å². The molecule has 156 valence electrons. The number of benzene rings is 2. The lowest BCUT2D eigenvalue weighted by Crippen LogP contribution is -2.48. The average Bonchev–Trinajstić information content (AvgIpc) is 3.11. The normalized spacial score (nSPS) is 14.7. The number of oxazole rings is 1. The molecule has 1 fully saturated rings. The minimum absolute atomic E-state index is 0.197. The quantitative estimate of drug-likeness (QED) is 0.514. The summed E-state index contributed by atoms with van der Waals surface area (Å²) >= 11 is 0. The molecule has 0 radical (unpaired) electrons. The van der Waals surface area contributed by atoms with Gasteiger partial charge in [0.2, 0.25) is 5.89 Å². The van der Waals surface area contributed by atoms with Crippen molar-refractivity contribution in [3.8, 4) is 17.2 Å². The molecule has 0 saturated carbocycles. The molecule has 0 spiro atoms. The average molecular weight is 407 g/mol. The van der Waals surface area contributed by atoms with Crippen LogP contribution in [0, 0.1) is 6.92 Å². The monoisotopic (exact) mass is 407 g/mol. The number of aryl methyl sites for hydroxylation is 1. The molecular formula is C24H25NO5. The number of carbonyl (C=O) groups is 1. The maximum absolute atomic E-state index is 12.0. The highest BCUT2D eigenvalue weighted by Crippen LogP contribution is 2.37. The molecule has 0 aliphatic carbocycles. The Hall–Kier alpha value is -3.12. The summed E-state index contributed by atoms with van der Waals surface area (Å²) in [6.45, 7) is 5.44. The highest BCUT2D eigenvalue weighted by atomic mass is 16.5. The van der Waals surface area contributed by atoms with Crippen LogP contribution in [-0.4, -0.2) is 30.8 Å². The summed E-state index contributed by atoms with van der Waals surface area (Å²) in [5.41, 5.74) is 2.45. The summed E-state index contributed by atoms with van der Waals surface area (Å²) in [7, 11) is 0. The first-order valence-electron chi connectivity index (χ1n) is 10.1. The SMILES string of the molecule is CCOC(=O)CC1(c2ccc(OCc3nc(-c4ccccc4)oc3C)cc2)COC1. The van der Waals surface area contributed by atoms with E-state index in [1.165, 1.54) is 0 Å². The van der Waals surface area contributed by atoms with E-state index in [2.05, 4.69) is 4.98 Å². The lowest BCUT2D eigenvalue weighted by atomic mass is 9.76. The number of ether oxygens (including phenoxy) is 3. The minimum Gasteiger partial charge on any atom is -0.487 e. The van der Waals surface area contributed by atoms with Crippen LogP contribution < -0.4 is 4.74 Å². The third-order valence-electron chi connectivity index (χ3n) is 5.30. The number of hydrogen-bond acceptors (Lipinski definition) is 6. The molecule has 1 aliphatic rings. The van der Waals surface area contributed by atoms with Gasteiger partial charge in [0.05, 0.1) is 31.7 Å². The van der Waals surface area contributed by atoms with Crippen LogP contribution in [0.5, 0.6) is 5.75 Å². The molecule has 2 heterocycles. The van der Waals surface area contributed by atoms with E-state index in [-0.39, 0.29) is 11.4 Å². The molecule has 3 aromatic rings. The minimum atomic E-state index is -0.307.